The van der Waals surface area contributed by atoms with E-state index in [2.05, 4.69) is 16.8 Å². The van der Waals surface area contributed by atoms with E-state index in [4.69, 9.17) is 15.2 Å². The molecule has 3 aromatic rings. The lowest BCUT2D eigenvalue weighted by Gasteiger charge is -2.29. The first-order chi connectivity index (χ1) is 15.0. The zero-order valence-corrected chi connectivity index (χ0v) is 18.9. The van der Waals surface area contributed by atoms with Crippen LogP contribution in [0.1, 0.15) is 34.8 Å². The normalized spacial score (nSPS) is 12.4. The number of ether oxygens (including phenoxy) is 2. The molecular formula is C24H27ClFN3O3. The van der Waals surface area contributed by atoms with E-state index in [1.165, 1.54) is 17.7 Å². The Morgan fingerprint density at radius 2 is 2.12 bits per heavy atom. The third-order valence-corrected chi connectivity index (χ3v) is 5.73. The molecule has 2 aromatic carbocycles. The van der Waals surface area contributed by atoms with E-state index in [9.17, 15) is 9.18 Å². The molecule has 6 nitrogen and oxygen atoms in total. The van der Waals surface area contributed by atoms with Crippen LogP contribution in [0.3, 0.4) is 0 Å². The van der Waals surface area contributed by atoms with E-state index < -0.39 is 11.7 Å². The number of aromatic amines is 1. The van der Waals surface area contributed by atoms with Gasteiger partial charge in [-0.3, -0.25) is 4.79 Å². The minimum atomic E-state index is -0.602. The molecule has 2 heterocycles. The molecule has 1 aliphatic heterocycles. The van der Waals surface area contributed by atoms with Crippen LogP contribution in [0.5, 0.6) is 11.5 Å². The van der Waals surface area contributed by atoms with Gasteiger partial charge in [0.25, 0.3) is 0 Å². The fourth-order valence-corrected chi connectivity index (χ4v) is 4.07. The minimum Gasteiger partial charge on any atom is -0.497 e. The third-order valence-electron chi connectivity index (χ3n) is 5.73. The number of benzene rings is 2. The maximum absolute atomic E-state index is 14.1. The lowest BCUT2D eigenvalue weighted by atomic mass is 10.0. The van der Waals surface area contributed by atoms with E-state index in [0.29, 0.717) is 5.56 Å². The van der Waals surface area contributed by atoms with Crippen molar-refractivity contribution < 1.29 is 18.7 Å². The summed E-state index contributed by atoms with van der Waals surface area (Å²) in [6.45, 7) is 3.89. The van der Waals surface area contributed by atoms with Crippen molar-refractivity contribution >= 4 is 35.3 Å². The Kier molecular flexibility index (Phi) is 7.30. The monoisotopic (exact) mass is 459 g/mol. The van der Waals surface area contributed by atoms with Gasteiger partial charge in [0, 0.05) is 35.8 Å². The molecule has 0 unspecified atom stereocenters. The highest BCUT2D eigenvalue weighted by Crippen LogP contribution is 2.33. The lowest BCUT2D eigenvalue weighted by molar-refractivity contribution is 0.0999. The standard InChI is InChI=1S/C24H26FN3O3.ClH/c1-3-28(10-4-5-15-13-27-22-9-6-17(30-2)12-19(15)22)16-11-20-18(24(26)29)7-8-21(25)23(20)31-14-16;/h6-9,11-13,27H,3-5,10,14H2,1-2H3,(H2,26,29);1H. The van der Waals surface area contributed by atoms with E-state index in [-0.39, 0.29) is 30.3 Å². The van der Waals surface area contributed by atoms with Crippen LogP contribution in [-0.4, -0.2) is 42.6 Å². The zero-order valence-electron chi connectivity index (χ0n) is 18.1. The predicted molar refractivity (Wildman–Crippen MR) is 126 cm³/mol. The van der Waals surface area contributed by atoms with Crippen molar-refractivity contribution in [3.8, 4) is 11.5 Å². The first-order valence-corrected chi connectivity index (χ1v) is 10.4. The molecule has 1 amide bonds. The van der Waals surface area contributed by atoms with Gasteiger partial charge in [0.2, 0.25) is 5.91 Å². The molecule has 0 fully saturated rings. The van der Waals surface area contributed by atoms with Crippen molar-refractivity contribution in [3.63, 3.8) is 0 Å². The van der Waals surface area contributed by atoms with Gasteiger partial charge in [-0.2, -0.15) is 0 Å². The summed E-state index contributed by atoms with van der Waals surface area (Å²) in [5, 5.41) is 1.16. The van der Waals surface area contributed by atoms with Gasteiger partial charge in [0.05, 0.1) is 18.4 Å². The number of amides is 1. The van der Waals surface area contributed by atoms with Crippen molar-refractivity contribution in [2.75, 3.05) is 26.8 Å². The fourth-order valence-electron chi connectivity index (χ4n) is 4.07. The number of likely N-dealkylation sites (N-methyl/N-ethyl adjacent to an activating group) is 1. The lowest BCUT2D eigenvalue weighted by Crippen LogP contribution is -2.29. The van der Waals surface area contributed by atoms with Gasteiger partial charge in [0.15, 0.2) is 11.6 Å². The number of methoxy groups -OCH3 is 1. The van der Waals surface area contributed by atoms with Crippen LogP contribution in [-0.2, 0) is 6.42 Å². The molecule has 32 heavy (non-hydrogen) atoms. The largest absolute Gasteiger partial charge is 0.497 e. The number of fused-ring (bicyclic) bond motifs is 2. The molecule has 1 aromatic heterocycles. The fraction of sp³-hybridized carbons (Fsp3) is 0.292. The second kappa shape index (κ2) is 9.96. The van der Waals surface area contributed by atoms with Crippen molar-refractivity contribution in [1.29, 1.82) is 0 Å². The molecule has 1 aliphatic rings. The van der Waals surface area contributed by atoms with Crippen LogP contribution >= 0.6 is 12.4 Å². The average molecular weight is 460 g/mol. The van der Waals surface area contributed by atoms with Crippen LogP contribution < -0.4 is 15.2 Å². The summed E-state index contributed by atoms with van der Waals surface area (Å²) in [4.78, 5) is 17.3. The summed E-state index contributed by atoms with van der Waals surface area (Å²) in [7, 11) is 1.67. The Bertz CT molecular complexity index is 1160. The van der Waals surface area contributed by atoms with Gasteiger partial charge in [-0.25, -0.2) is 4.39 Å². The molecular weight excluding hydrogens is 433 g/mol. The van der Waals surface area contributed by atoms with Gasteiger partial charge in [-0.1, -0.05) is 0 Å². The summed E-state index contributed by atoms with van der Waals surface area (Å²) < 4.78 is 25.1. The molecule has 0 atom stereocenters. The second-order valence-corrected chi connectivity index (χ2v) is 7.53. The Morgan fingerprint density at radius 3 is 2.84 bits per heavy atom. The van der Waals surface area contributed by atoms with Crippen LogP contribution in [0, 0.1) is 5.82 Å². The summed E-state index contributed by atoms with van der Waals surface area (Å²) >= 11 is 0. The maximum atomic E-state index is 14.1. The van der Waals surface area contributed by atoms with E-state index >= 15 is 0 Å². The highest BCUT2D eigenvalue weighted by Gasteiger charge is 2.23. The number of carbonyl (C=O) groups is 1. The maximum Gasteiger partial charge on any atom is 0.249 e. The number of rotatable bonds is 8. The molecule has 4 rings (SSSR count). The smallest absolute Gasteiger partial charge is 0.249 e. The van der Waals surface area contributed by atoms with Crippen molar-refractivity contribution in [3.05, 3.63) is 64.7 Å². The number of nitrogens with one attached hydrogen (secondary N) is 1. The van der Waals surface area contributed by atoms with Crippen molar-refractivity contribution in [2.45, 2.75) is 19.8 Å². The quantitative estimate of drug-likeness (QED) is 0.518. The molecule has 0 aliphatic carbocycles. The number of hydrogen-bond acceptors (Lipinski definition) is 4. The molecule has 3 N–H and O–H groups in total. The SMILES string of the molecule is CCN(CCCc1c[nH]c2ccc(OC)cc12)C1=Cc2c(C(N)=O)ccc(F)c2OC1.Cl. The molecule has 0 bridgehead atoms. The van der Waals surface area contributed by atoms with Crippen molar-refractivity contribution in [1.82, 2.24) is 9.88 Å². The van der Waals surface area contributed by atoms with Crippen LogP contribution in [0.25, 0.3) is 17.0 Å². The molecule has 170 valence electrons. The van der Waals surface area contributed by atoms with Gasteiger partial charge in [-0.05, 0) is 61.7 Å². The Morgan fingerprint density at radius 1 is 1.31 bits per heavy atom. The Balaban J connectivity index is 0.00000289. The predicted octanol–water partition coefficient (Wildman–Crippen LogP) is 4.52. The highest BCUT2D eigenvalue weighted by atomic mass is 35.5. The summed E-state index contributed by atoms with van der Waals surface area (Å²) in [6.07, 6.45) is 5.69. The number of halogens is 2. The van der Waals surface area contributed by atoms with Crippen molar-refractivity contribution in [2.24, 2.45) is 5.73 Å². The van der Waals surface area contributed by atoms with Crippen LogP contribution in [0.2, 0.25) is 0 Å². The van der Waals surface area contributed by atoms with Gasteiger partial charge in [-0.15, -0.1) is 12.4 Å². The van der Waals surface area contributed by atoms with Gasteiger partial charge < -0.3 is 25.1 Å². The highest BCUT2D eigenvalue weighted by molar-refractivity contribution is 5.98. The van der Waals surface area contributed by atoms with E-state index in [0.717, 1.165) is 48.3 Å². The molecule has 0 saturated heterocycles. The minimum absolute atomic E-state index is 0. The zero-order chi connectivity index (χ0) is 22.0. The average Bonchev–Trinajstić information content (AvgIpc) is 3.18. The van der Waals surface area contributed by atoms with E-state index in [1.807, 2.05) is 30.5 Å². The first-order valence-electron chi connectivity index (χ1n) is 10.4. The Hall–Kier alpha value is -3.19. The van der Waals surface area contributed by atoms with Gasteiger partial charge >= 0.3 is 0 Å². The number of carbonyl (C=O) groups excluding carboxylic acids is 1. The number of hydrogen-bond donors (Lipinski definition) is 2. The van der Waals surface area contributed by atoms with E-state index in [1.54, 1.807) is 7.11 Å². The third kappa shape index (κ3) is 4.53. The first kappa shape index (κ1) is 23.5. The molecule has 0 radical (unpaired) electrons. The number of H-pyrrole nitrogens is 1. The molecule has 0 spiro atoms. The van der Waals surface area contributed by atoms with Gasteiger partial charge in [0.1, 0.15) is 12.4 Å². The number of aryl methyl sites for hydroxylation is 1. The molecule has 8 heteroatoms. The van der Waals surface area contributed by atoms with Crippen LogP contribution in [0.15, 0.2) is 42.2 Å². The number of aromatic nitrogens is 1. The Labute approximate surface area is 192 Å². The number of nitrogens with zero attached hydrogens (tertiary/aromatic N) is 1. The topological polar surface area (TPSA) is 80.6 Å². The number of primary amides is 1. The summed E-state index contributed by atoms with van der Waals surface area (Å²) in [5.74, 6) is -0.170. The number of nitrogens with two attached hydrogens (primary N) is 1. The van der Waals surface area contributed by atoms with Crippen LogP contribution in [0.4, 0.5) is 4.39 Å². The summed E-state index contributed by atoms with van der Waals surface area (Å²) in [6, 6.07) is 8.63. The second-order valence-electron chi connectivity index (χ2n) is 7.53. The molecule has 0 saturated carbocycles. The summed E-state index contributed by atoms with van der Waals surface area (Å²) in [5.41, 5.74) is 9.38.